The lowest BCUT2D eigenvalue weighted by atomic mass is 10.0. The fourth-order valence-electron chi connectivity index (χ4n) is 3.05. The van der Waals surface area contributed by atoms with Crippen LogP contribution in [-0.4, -0.2) is 16.1 Å². The van der Waals surface area contributed by atoms with E-state index < -0.39 is 17.8 Å². The van der Waals surface area contributed by atoms with Gasteiger partial charge in [-0.05, 0) is 48.2 Å². The first kappa shape index (κ1) is 21.9. The molecule has 30 heavy (non-hydrogen) atoms. The number of carbonyl (C=O) groups is 1. The van der Waals surface area contributed by atoms with Crippen molar-refractivity contribution in [1.29, 1.82) is 0 Å². The zero-order chi connectivity index (χ0) is 21.9. The second-order valence-electron chi connectivity index (χ2n) is 7.01. The van der Waals surface area contributed by atoms with Gasteiger partial charge in [0.25, 0.3) is 0 Å². The number of nitrogens with zero attached hydrogens (tertiary/aromatic N) is 2. The molecule has 3 rings (SSSR count). The summed E-state index contributed by atoms with van der Waals surface area (Å²) in [6.45, 7) is 3.44. The predicted octanol–water partition coefficient (Wildman–Crippen LogP) is 4.41. The number of alkyl halides is 3. The lowest BCUT2D eigenvalue weighted by molar-refractivity contribution is -0.137. The van der Waals surface area contributed by atoms with Gasteiger partial charge in [-0.1, -0.05) is 35.6 Å². The van der Waals surface area contributed by atoms with Crippen molar-refractivity contribution < 1.29 is 18.0 Å². The second-order valence-corrected chi connectivity index (χ2v) is 8.02. The first-order valence-electron chi connectivity index (χ1n) is 9.23. The van der Waals surface area contributed by atoms with Crippen molar-refractivity contribution in [2.45, 2.75) is 39.0 Å². The molecule has 1 atom stereocenters. The van der Waals surface area contributed by atoms with Gasteiger partial charge < -0.3 is 11.1 Å². The minimum absolute atomic E-state index is 0.231. The molecule has 0 saturated carbocycles. The summed E-state index contributed by atoms with van der Waals surface area (Å²) in [7, 11) is 0. The van der Waals surface area contributed by atoms with Crippen LogP contribution < -0.4 is 11.1 Å². The zero-order valence-electron chi connectivity index (χ0n) is 16.5. The van der Waals surface area contributed by atoms with Crippen molar-refractivity contribution in [3.63, 3.8) is 0 Å². The van der Waals surface area contributed by atoms with E-state index in [4.69, 9.17) is 5.73 Å². The molecule has 9 heteroatoms. The van der Waals surface area contributed by atoms with Gasteiger partial charge in [0.1, 0.15) is 10.0 Å². The molecule has 0 radical (unpaired) electrons. The van der Waals surface area contributed by atoms with Gasteiger partial charge in [-0.15, -0.1) is 10.2 Å². The number of aryl methyl sites for hydroxylation is 1. The number of nitrogens with two attached hydrogens (primary N) is 1. The fourth-order valence-corrected chi connectivity index (χ4v) is 3.94. The fraction of sp³-hybridized carbons (Fsp3) is 0.286. The summed E-state index contributed by atoms with van der Waals surface area (Å²) in [6, 6.07) is 11.0. The topological polar surface area (TPSA) is 80.9 Å². The Balaban J connectivity index is 1.90. The Morgan fingerprint density at radius 2 is 1.80 bits per heavy atom. The molecule has 2 aromatic carbocycles. The molecule has 0 aliphatic carbocycles. The van der Waals surface area contributed by atoms with Crippen molar-refractivity contribution in [3.8, 4) is 10.6 Å². The van der Waals surface area contributed by atoms with Crippen LogP contribution >= 0.6 is 11.3 Å². The van der Waals surface area contributed by atoms with E-state index >= 15 is 0 Å². The summed E-state index contributed by atoms with van der Waals surface area (Å²) < 4.78 is 39.4. The van der Waals surface area contributed by atoms with E-state index in [1.807, 2.05) is 24.3 Å². The lowest BCUT2D eigenvalue weighted by Gasteiger charge is -2.15. The van der Waals surface area contributed by atoms with E-state index in [-0.39, 0.29) is 5.91 Å². The van der Waals surface area contributed by atoms with Crippen LogP contribution in [0.4, 0.5) is 13.2 Å². The normalized spacial score (nSPS) is 12.6. The molecular weight excluding hydrogens is 413 g/mol. The highest BCUT2D eigenvalue weighted by atomic mass is 32.1. The maximum absolute atomic E-state index is 13.1. The van der Waals surface area contributed by atoms with Gasteiger partial charge in [0.15, 0.2) is 0 Å². The number of halogens is 3. The Morgan fingerprint density at radius 1 is 1.13 bits per heavy atom. The standard InChI is InChI=1S/C21H21F3N4OS/c1-12-7-16(10-17(8-12)21(22,23)24)19-27-28-20(30-19)18(26-13(2)29)9-14-3-5-15(11-25)6-4-14/h3-8,10,18H,9,11,25H2,1-2H3,(H,26,29). The highest BCUT2D eigenvalue weighted by molar-refractivity contribution is 7.14. The summed E-state index contributed by atoms with van der Waals surface area (Å²) in [5, 5.41) is 12.0. The second kappa shape index (κ2) is 8.93. The number of amides is 1. The first-order valence-corrected chi connectivity index (χ1v) is 10.0. The van der Waals surface area contributed by atoms with Crippen molar-refractivity contribution >= 4 is 17.2 Å². The van der Waals surface area contributed by atoms with Gasteiger partial charge in [0.2, 0.25) is 5.91 Å². The van der Waals surface area contributed by atoms with Gasteiger partial charge in [-0.25, -0.2) is 0 Å². The molecule has 158 valence electrons. The molecule has 1 heterocycles. The van der Waals surface area contributed by atoms with Gasteiger partial charge in [-0.3, -0.25) is 4.79 Å². The van der Waals surface area contributed by atoms with Crippen LogP contribution in [0.25, 0.3) is 10.6 Å². The average molecular weight is 434 g/mol. The first-order chi connectivity index (χ1) is 14.2. The molecule has 1 amide bonds. The van der Waals surface area contributed by atoms with Crippen LogP contribution in [0, 0.1) is 6.92 Å². The SMILES string of the molecule is CC(=O)NC(Cc1ccc(CN)cc1)c1nnc(-c2cc(C)cc(C(F)(F)F)c2)s1. The van der Waals surface area contributed by atoms with Crippen LogP contribution in [0.1, 0.15) is 40.2 Å². The smallest absolute Gasteiger partial charge is 0.347 e. The summed E-state index contributed by atoms with van der Waals surface area (Å²) in [5.74, 6) is -0.231. The van der Waals surface area contributed by atoms with Crippen LogP contribution in [0.5, 0.6) is 0 Å². The Labute approximate surface area is 176 Å². The molecule has 0 fully saturated rings. The van der Waals surface area contributed by atoms with E-state index in [0.717, 1.165) is 23.3 Å². The summed E-state index contributed by atoms with van der Waals surface area (Å²) in [4.78, 5) is 11.7. The van der Waals surface area contributed by atoms with Crippen LogP contribution in [0.15, 0.2) is 42.5 Å². The minimum Gasteiger partial charge on any atom is -0.347 e. The average Bonchev–Trinajstić information content (AvgIpc) is 3.17. The van der Waals surface area contributed by atoms with Gasteiger partial charge in [0.05, 0.1) is 11.6 Å². The lowest BCUT2D eigenvalue weighted by Crippen LogP contribution is -2.27. The molecule has 3 N–H and O–H groups in total. The number of rotatable bonds is 6. The monoisotopic (exact) mass is 434 g/mol. The number of aromatic nitrogens is 2. The minimum atomic E-state index is -4.44. The third-order valence-corrected chi connectivity index (χ3v) is 5.55. The highest BCUT2D eigenvalue weighted by Gasteiger charge is 2.31. The van der Waals surface area contributed by atoms with Crippen molar-refractivity contribution in [3.05, 3.63) is 69.7 Å². The summed E-state index contributed by atoms with van der Waals surface area (Å²) in [6.07, 6.45) is -3.97. The third-order valence-electron chi connectivity index (χ3n) is 4.47. The number of nitrogens with one attached hydrogen (secondary N) is 1. The van der Waals surface area contributed by atoms with Gasteiger partial charge in [0, 0.05) is 19.0 Å². The molecule has 1 aromatic heterocycles. The van der Waals surface area contributed by atoms with Crippen molar-refractivity contribution in [1.82, 2.24) is 15.5 Å². The van der Waals surface area contributed by atoms with E-state index in [0.29, 0.717) is 34.1 Å². The molecule has 0 spiro atoms. The van der Waals surface area contributed by atoms with Crippen LogP contribution in [0.2, 0.25) is 0 Å². The molecule has 0 saturated heterocycles. The molecule has 0 aliphatic rings. The molecule has 5 nitrogen and oxygen atoms in total. The van der Waals surface area contributed by atoms with E-state index in [9.17, 15) is 18.0 Å². The van der Waals surface area contributed by atoms with Gasteiger partial charge >= 0.3 is 6.18 Å². The predicted molar refractivity (Wildman–Crippen MR) is 110 cm³/mol. The largest absolute Gasteiger partial charge is 0.416 e. The number of benzene rings is 2. The molecular formula is C21H21F3N4OS. The van der Waals surface area contributed by atoms with Crippen molar-refractivity contribution in [2.75, 3.05) is 0 Å². The van der Waals surface area contributed by atoms with Crippen LogP contribution in [0.3, 0.4) is 0 Å². The zero-order valence-corrected chi connectivity index (χ0v) is 17.3. The molecule has 0 aliphatic heterocycles. The molecule has 1 unspecified atom stereocenters. The van der Waals surface area contributed by atoms with E-state index in [1.165, 1.54) is 18.3 Å². The number of carbonyl (C=O) groups excluding carboxylic acids is 1. The van der Waals surface area contributed by atoms with Gasteiger partial charge in [-0.2, -0.15) is 13.2 Å². The van der Waals surface area contributed by atoms with Crippen LogP contribution in [-0.2, 0) is 23.9 Å². The maximum atomic E-state index is 13.1. The molecule has 0 bridgehead atoms. The molecule has 3 aromatic rings. The Bertz CT molecular complexity index is 1030. The quantitative estimate of drug-likeness (QED) is 0.602. The van der Waals surface area contributed by atoms with Crippen molar-refractivity contribution in [2.24, 2.45) is 5.73 Å². The third kappa shape index (κ3) is 5.43. The number of hydrogen-bond acceptors (Lipinski definition) is 5. The van der Waals surface area contributed by atoms with E-state index in [2.05, 4.69) is 15.5 Å². The summed E-state index contributed by atoms with van der Waals surface area (Å²) in [5.41, 5.74) is 7.68. The van der Waals surface area contributed by atoms with E-state index in [1.54, 1.807) is 13.0 Å². The Morgan fingerprint density at radius 3 is 2.40 bits per heavy atom. The highest BCUT2D eigenvalue weighted by Crippen LogP contribution is 2.35. The Hall–Kier alpha value is -2.78. The Kier molecular flexibility index (Phi) is 6.52. The number of hydrogen-bond donors (Lipinski definition) is 2. The summed E-state index contributed by atoms with van der Waals surface area (Å²) >= 11 is 1.17. The maximum Gasteiger partial charge on any atom is 0.416 e.